The number of hydrogen-bond donors (Lipinski definition) is 2. The van der Waals surface area contributed by atoms with Crippen molar-refractivity contribution in [3.8, 4) is 0 Å². The van der Waals surface area contributed by atoms with Crippen LogP contribution in [0, 0.1) is 0 Å². The second-order valence-electron chi connectivity index (χ2n) is 6.07. The zero-order chi connectivity index (χ0) is 18.4. The lowest BCUT2D eigenvalue weighted by atomic mass is 10.1. The molecule has 0 saturated carbocycles. The van der Waals surface area contributed by atoms with Crippen LogP contribution < -0.4 is 5.32 Å². The van der Waals surface area contributed by atoms with Gasteiger partial charge in [-0.05, 0) is 51.4 Å². The molecule has 0 unspecified atom stereocenters. The van der Waals surface area contributed by atoms with E-state index < -0.39 is 12.0 Å². The highest BCUT2D eigenvalue weighted by atomic mass is 16.4. The van der Waals surface area contributed by atoms with Gasteiger partial charge in [0.15, 0.2) is 0 Å². The summed E-state index contributed by atoms with van der Waals surface area (Å²) in [4.78, 5) is 39.2. The van der Waals surface area contributed by atoms with Crippen LogP contribution in [0.4, 0.5) is 5.69 Å². The standard InChI is InChI=1S/C18H25N3O4/c1-3-20(4-2)17(23)13-7-5-8-14(11-13)19-16(22)12-21-10-6-9-15(21)18(24)25/h5,7-8,11,15H,3-4,6,9-10,12H2,1-2H3,(H,19,22)(H,24,25)/t15-/m0/s1. The van der Waals surface area contributed by atoms with Gasteiger partial charge in [0, 0.05) is 24.3 Å². The summed E-state index contributed by atoms with van der Waals surface area (Å²) >= 11 is 0. The van der Waals surface area contributed by atoms with Gasteiger partial charge in [-0.25, -0.2) is 0 Å². The van der Waals surface area contributed by atoms with Gasteiger partial charge < -0.3 is 15.3 Å². The van der Waals surface area contributed by atoms with Gasteiger partial charge in [0.25, 0.3) is 5.91 Å². The number of anilines is 1. The predicted octanol–water partition coefficient (Wildman–Crippen LogP) is 1.66. The normalized spacial score (nSPS) is 17.3. The van der Waals surface area contributed by atoms with Crippen molar-refractivity contribution in [2.24, 2.45) is 0 Å². The second-order valence-corrected chi connectivity index (χ2v) is 6.07. The van der Waals surface area contributed by atoms with Crippen LogP contribution in [0.1, 0.15) is 37.0 Å². The van der Waals surface area contributed by atoms with Crippen molar-refractivity contribution in [2.75, 3.05) is 31.5 Å². The Morgan fingerprint density at radius 2 is 2.00 bits per heavy atom. The maximum absolute atomic E-state index is 12.4. The molecule has 0 radical (unpaired) electrons. The van der Waals surface area contributed by atoms with E-state index in [9.17, 15) is 14.4 Å². The lowest BCUT2D eigenvalue weighted by molar-refractivity contribution is -0.142. The molecular formula is C18H25N3O4. The first-order chi connectivity index (χ1) is 12.0. The maximum Gasteiger partial charge on any atom is 0.320 e. The summed E-state index contributed by atoms with van der Waals surface area (Å²) in [6.45, 7) is 5.72. The van der Waals surface area contributed by atoms with E-state index in [0.717, 1.165) is 6.42 Å². The number of amides is 2. The van der Waals surface area contributed by atoms with Gasteiger partial charge in [0.1, 0.15) is 6.04 Å². The Bertz CT molecular complexity index is 643. The molecule has 25 heavy (non-hydrogen) atoms. The Morgan fingerprint density at radius 1 is 1.28 bits per heavy atom. The van der Waals surface area contributed by atoms with Gasteiger partial charge in [-0.15, -0.1) is 0 Å². The number of carbonyl (C=O) groups excluding carboxylic acids is 2. The number of carboxylic acids is 1. The molecule has 1 atom stereocenters. The van der Waals surface area contributed by atoms with Crippen LogP contribution in [0.3, 0.4) is 0 Å². The smallest absolute Gasteiger partial charge is 0.320 e. The highest BCUT2D eigenvalue weighted by Crippen LogP contribution is 2.18. The lowest BCUT2D eigenvalue weighted by Crippen LogP contribution is -2.40. The van der Waals surface area contributed by atoms with E-state index in [1.54, 1.807) is 34.1 Å². The van der Waals surface area contributed by atoms with E-state index in [4.69, 9.17) is 5.11 Å². The zero-order valence-electron chi connectivity index (χ0n) is 14.7. The Morgan fingerprint density at radius 3 is 2.64 bits per heavy atom. The van der Waals surface area contributed by atoms with Crippen LogP contribution in [0.5, 0.6) is 0 Å². The Labute approximate surface area is 147 Å². The zero-order valence-corrected chi connectivity index (χ0v) is 14.7. The quantitative estimate of drug-likeness (QED) is 0.783. The maximum atomic E-state index is 12.4. The minimum absolute atomic E-state index is 0.0329. The largest absolute Gasteiger partial charge is 0.480 e. The fourth-order valence-electron chi connectivity index (χ4n) is 3.10. The van der Waals surface area contributed by atoms with Gasteiger partial charge in [-0.2, -0.15) is 0 Å². The lowest BCUT2D eigenvalue weighted by Gasteiger charge is -2.21. The molecule has 1 heterocycles. The molecule has 1 fully saturated rings. The van der Waals surface area contributed by atoms with Crippen LogP contribution in [0.25, 0.3) is 0 Å². The number of hydrogen-bond acceptors (Lipinski definition) is 4. The number of carbonyl (C=O) groups is 3. The van der Waals surface area contributed by atoms with Crippen LogP contribution in [0.2, 0.25) is 0 Å². The third-order valence-electron chi connectivity index (χ3n) is 4.44. The summed E-state index contributed by atoms with van der Waals surface area (Å²) in [5.74, 6) is -1.25. The molecule has 1 aliphatic heterocycles. The number of likely N-dealkylation sites (tertiary alicyclic amines) is 1. The number of rotatable bonds is 7. The van der Waals surface area contributed by atoms with Crippen molar-refractivity contribution in [2.45, 2.75) is 32.7 Å². The van der Waals surface area contributed by atoms with Crippen LogP contribution >= 0.6 is 0 Å². The number of aliphatic carboxylic acids is 1. The van der Waals surface area contributed by atoms with E-state index in [-0.39, 0.29) is 18.4 Å². The Hall–Kier alpha value is -2.41. The minimum atomic E-state index is -0.892. The summed E-state index contributed by atoms with van der Waals surface area (Å²) in [7, 11) is 0. The third-order valence-corrected chi connectivity index (χ3v) is 4.44. The van der Waals surface area contributed by atoms with Gasteiger partial charge in [-0.1, -0.05) is 6.07 Å². The molecule has 0 aromatic heterocycles. The Balaban J connectivity index is 2.00. The first kappa shape index (κ1) is 18.9. The number of benzene rings is 1. The fourth-order valence-corrected chi connectivity index (χ4v) is 3.10. The number of nitrogens with zero attached hydrogens (tertiary/aromatic N) is 2. The molecule has 1 saturated heterocycles. The molecular weight excluding hydrogens is 322 g/mol. The van der Waals surface area contributed by atoms with Crippen molar-refractivity contribution < 1.29 is 19.5 Å². The first-order valence-corrected chi connectivity index (χ1v) is 8.62. The number of carboxylic acid groups (broad SMARTS) is 1. The van der Waals surface area contributed by atoms with E-state index in [1.807, 2.05) is 13.8 Å². The highest BCUT2D eigenvalue weighted by molar-refractivity contribution is 5.97. The predicted molar refractivity (Wildman–Crippen MR) is 94.6 cm³/mol. The molecule has 7 heteroatoms. The Kier molecular flexibility index (Phi) is 6.52. The molecule has 2 amide bonds. The minimum Gasteiger partial charge on any atom is -0.480 e. The van der Waals surface area contributed by atoms with E-state index in [2.05, 4.69) is 5.32 Å². The molecule has 136 valence electrons. The molecule has 1 aliphatic rings. The van der Waals surface area contributed by atoms with E-state index >= 15 is 0 Å². The first-order valence-electron chi connectivity index (χ1n) is 8.62. The second kappa shape index (κ2) is 8.62. The topological polar surface area (TPSA) is 90.0 Å². The molecule has 7 nitrogen and oxygen atoms in total. The van der Waals surface area contributed by atoms with E-state index in [1.165, 1.54) is 0 Å². The fraction of sp³-hybridized carbons (Fsp3) is 0.500. The van der Waals surface area contributed by atoms with Gasteiger partial charge >= 0.3 is 5.97 Å². The SMILES string of the molecule is CCN(CC)C(=O)c1cccc(NC(=O)CN2CCC[C@H]2C(=O)O)c1. The van der Waals surface area contributed by atoms with Crippen LogP contribution in [-0.2, 0) is 9.59 Å². The molecule has 2 N–H and O–H groups in total. The van der Waals surface area contributed by atoms with Gasteiger partial charge in [-0.3, -0.25) is 19.3 Å². The molecule has 0 spiro atoms. The van der Waals surface area contributed by atoms with Gasteiger partial charge in [0.05, 0.1) is 6.54 Å². The van der Waals surface area contributed by atoms with Crippen LogP contribution in [0.15, 0.2) is 24.3 Å². The van der Waals surface area contributed by atoms with Crippen molar-refractivity contribution in [3.05, 3.63) is 29.8 Å². The molecule has 2 rings (SSSR count). The summed E-state index contributed by atoms with van der Waals surface area (Å²) in [6.07, 6.45) is 1.34. The average molecular weight is 347 g/mol. The average Bonchev–Trinajstić information content (AvgIpc) is 3.04. The molecule has 1 aromatic carbocycles. The van der Waals surface area contributed by atoms with Crippen molar-refractivity contribution >= 4 is 23.5 Å². The third kappa shape index (κ3) is 4.79. The van der Waals surface area contributed by atoms with Crippen LogP contribution in [-0.4, -0.2) is 64.9 Å². The summed E-state index contributed by atoms with van der Waals surface area (Å²) in [6, 6.07) is 6.22. The van der Waals surface area contributed by atoms with Gasteiger partial charge in [0.2, 0.25) is 5.91 Å². The molecule has 0 bridgehead atoms. The van der Waals surface area contributed by atoms with Crippen molar-refractivity contribution in [1.82, 2.24) is 9.80 Å². The summed E-state index contributed by atoms with van der Waals surface area (Å²) < 4.78 is 0. The number of nitrogens with one attached hydrogen (secondary N) is 1. The van der Waals surface area contributed by atoms with Crippen molar-refractivity contribution in [3.63, 3.8) is 0 Å². The summed E-state index contributed by atoms with van der Waals surface area (Å²) in [5.41, 5.74) is 1.06. The summed E-state index contributed by atoms with van der Waals surface area (Å²) in [5, 5.41) is 11.9. The molecule has 0 aliphatic carbocycles. The van der Waals surface area contributed by atoms with E-state index in [0.29, 0.717) is 37.3 Å². The van der Waals surface area contributed by atoms with Crippen molar-refractivity contribution in [1.29, 1.82) is 0 Å². The highest BCUT2D eigenvalue weighted by Gasteiger charge is 2.31. The monoisotopic (exact) mass is 347 g/mol. The molecule has 1 aromatic rings.